The Labute approximate surface area is 83.8 Å². The zero-order valence-electron chi connectivity index (χ0n) is 8.41. The van der Waals surface area contributed by atoms with E-state index in [0.717, 1.165) is 18.5 Å². The van der Waals surface area contributed by atoms with Crippen LogP contribution in [-0.4, -0.2) is 17.8 Å². The molecule has 3 heteroatoms. The molecule has 0 aliphatic heterocycles. The average Bonchev–Trinajstić information content (AvgIpc) is 2.22. The van der Waals surface area contributed by atoms with E-state index in [-0.39, 0.29) is 18.5 Å². The Kier molecular flexibility index (Phi) is 4.56. The van der Waals surface area contributed by atoms with Gasteiger partial charge in [-0.05, 0) is 18.6 Å². The smallest absolute Gasteiger partial charge is 0.123 e. The van der Waals surface area contributed by atoms with Crippen molar-refractivity contribution in [3.63, 3.8) is 0 Å². The van der Waals surface area contributed by atoms with Gasteiger partial charge in [0.2, 0.25) is 0 Å². The van der Waals surface area contributed by atoms with Crippen molar-refractivity contribution in [2.24, 2.45) is 0 Å². The molecule has 0 spiro atoms. The highest BCUT2D eigenvalue weighted by atomic mass is 19.1. The molecule has 1 aromatic rings. The lowest BCUT2D eigenvalue weighted by Crippen LogP contribution is -2.89. The van der Waals surface area contributed by atoms with E-state index in [2.05, 4.69) is 5.32 Å². The molecule has 3 N–H and O–H groups in total. The van der Waals surface area contributed by atoms with Gasteiger partial charge in [-0.2, -0.15) is 0 Å². The van der Waals surface area contributed by atoms with Gasteiger partial charge in [-0.1, -0.05) is 19.1 Å². The van der Waals surface area contributed by atoms with E-state index in [1.54, 1.807) is 12.1 Å². The first-order valence-electron chi connectivity index (χ1n) is 4.95. The molecular weight excluding hydrogens is 181 g/mol. The van der Waals surface area contributed by atoms with E-state index in [0.29, 0.717) is 0 Å². The standard InChI is InChI=1S/C11H16FNO/c1-2-11(8-14)13-7-9-3-5-10(12)6-4-9/h3-6,11,13-14H,2,7-8H2,1H3/p+1/t11-/m1/s1. The van der Waals surface area contributed by atoms with E-state index in [1.807, 2.05) is 6.92 Å². The molecular formula is C11H17FNO+. The second-order valence-electron chi connectivity index (χ2n) is 3.42. The maximum Gasteiger partial charge on any atom is 0.123 e. The molecule has 1 atom stereocenters. The average molecular weight is 198 g/mol. The van der Waals surface area contributed by atoms with Gasteiger partial charge >= 0.3 is 0 Å². The molecule has 1 aromatic carbocycles. The minimum atomic E-state index is -0.206. The van der Waals surface area contributed by atoms with Crippen molar-refractivity contribution < 1.29 is 14.8 Å². The fraction of sp³-hybridized carbons (Fsp3) is 0.455. The van der Waals surface area contributed by atoms with Gasteiger partial charge in [0.25, 0.3) is 0 Å². The Balaban J connectivity index is 2.41. The van der Waals surface area contributed by atoms with Crippen LogP contribution in [-0.2, 0) is 6.54 Å². The fourth-order valence-corrected chi connectivity index (χ4v) is 1.29. The minimum Gasteiger partial charge on any atom is -0.390 e. The summed E-state index contributed by atoms with van der Waals surface area (Å²) in [7, 11) is 0. The molecule has 0 aliphatic carbocycles. The van der Waals surface area contributed by atoms with E-state index < -0.39 is 0 Å². The summed E-state index contributed by atoms with van der Waals surface area (Å²) in [6, 6.07) is 6.72. The van der Waals surface area contributed by atoms with Crippen LogP contribution in [0.15, 0.2) is 24.3 Å². The highest BCUT2D eigenvalue weighted by Crippen LogP contribution is 2.00. The van der Waals surface area contributed by atoms with Gasteiger partial charge < -0.3 is 10.4 Å². The number of aliphatic hydroxyl groups excluding tert-OH is 1. The third-order valence-corrected chi connectivity index (χ3v) is 2.36. The molecule has 0 amide bonds. The predicted molar refractivity (Wildman–Crippen MR) is 53.2 cm³/mol. The molecule has 2 nitrogen and oxygen atoms in total. The summed E-state index contributed by atoms with van der Waals surface area (Å²) < 4.78 is 12.6. The predicted octanol–water partition coefficient (Wildman–Crippen LogP) is 0.660. The van der Waals surface area contributed by atoms with Crippen LogP contribution in [0.1, 0.15) is 18.9 Å². The summed E-state index contributed by atoms with van der Waals surface area (Å²) >= 11 is 0. The van der Waals surface area contributed by atoms with Crippen molar-refractivity contribution in [2.75, 3.05) is 6.61 Å². The van der Waals surface area contributed by atoms with Crippen LogP contribution < -0.4 is 5.32 Å². The van der Waals surface area contributed by atoms with Gasteiger partial charge in [0, 0.05) is 5.56 Å². The molecule has 0 saturated heterocycles. The lowest BCUT2D eigenvalue weighted by Gasteiger charge is -2.10. The zero-order chi connectivity index (χ0) is 10.4. The summed E-state index contributed by atoms with van der Waals surface area (Å²) in [5.41, 5.74) is 1.08. The number of benzene rings is 1. The second kappa shape index (κ2) is 5.73. The van der Waals surface area contributed by atoms with Gasteiger partial charge in [0.15, 0.2) is 0 Å². The van der Waals surface area contributed by atoms with Gasteiger partial charge in [-0.25, -0.2) is 4.39 Å². The van der Waals surface area contributed by atoms with Crippen LogP contribution in [0.4, 0.5) is 4.39 Å². The first kappa shape index (κ1) is 11.1. The lowest BCUT2D eigenvalue weighted by atomic mass is 10.2. The Hall–Kier alpha value is -0.930. The van der Waals surface area contributed by atoms with Crippen LogP contribution in [0.2, 0.25) is 0 Å². The molecule has 0 bridgehead atoms. The summed E-state index contributed by atoms with van der Waals surface area (Å²) in [4.78, 5) is 0. The van der Waals surface area contributed by atoms with Crippen molar-refractivity contribution >= 4 is 0 Å². The summed E-state index contributed by atoms with van der Waals surface area (Å²) in [5, 5.41) is 11.0. The molecule has 0 aliphatic rings. The van der Waals surface area contributed by atoms with Crippen molar-refractivity contribution in [1.82, 2.24) is 0 Å². The number of quaternary nitrogens is 1. The Bertz CT molecular complexity index is 256. The SMILES string of the molecule is CC[C@H](CO)[NH2+]Cc1ccc(F)cc1. The molecule has 0 heterocycles. The molecule has 0 saturated carbocycles. The molecule has 1 rings (SSSR count). The molecule has 0 fully saturated rings. The zero-order valence-corrected chi connectivity index (χ0v) is 8.41. The highest BCUT2D eigenvalue weighted by Gasteiger charge is 2.06. The molecule has 14 heavy (non-hydrogen) atoms. The highest BCUT2D eigenvalue weighted by molar-refractivity contribution is 5.14. The Morgan fingerprint density at radius 3 is 2.50 bits per heavy atom. The Morgan fingerprint density at radius 2 is 2.00 bits per heavy atom. The summed E-state index contributed by atoms with van der Waals surface area (Å²) in [5.74, 6) is -0.206. The number of hydrogen-bond donors (Lipinski definition) is 2. The van der Waals surface area contributed by atoms with Crippen molar-refractivity contribution in [1.29, 1.82) is 0 Å². The molecule has 0 radical (unpaired) electrons. The maximum atomic E-state index is 12.6. The number of rotatable bonds is 5. The monoisotopic (exact) mass is 198 g/mol. The Morgan fingerprint density at radius 1 is 1.36 bits per heavy atom. The largest absolute Gasteiger partial charge is 0.390 e. The van der Waals surface area contributed by atoms with E-state index in [9.17, 15) is 4.39 Å². The molecule has 0 aromatic heterocycles. The van der Waals surface area contributed by atoms with Crippen LogP contribution in [0.25, 0.3) is 0 Å². The minimum absolute atomic E-state index is 0.192. The second-order valence-corrected chi connectivity index (χ2v) is 3.42. The van der Waals surface area contributed by atoms with Gasteiger partial charge in [-0.15, -0.1) is 0 Å². The summed E-state index contributed by atoms with van der Waals surface area (Å²) in [6.45, 7) is 3.03. The van der Waals surface area contributed by atoms with Gasteiger partial charge in [0.05, 0.1) is 6.61 Å². The third-order valence-electron chi connectivity index (χ3n) is 2.36. The van der Waals surface area contributed by atoms with Crippen LogP contribution in [0.5, 0.6) is 0 Å². The first-order valence-corrected chi connectivity index (χ1v) is 4.95. The number of halogens is 1. The topological polar surface area (TPSA) is 36.8 Å². The number of nitrogens with two attached hydrogens (primary N) is 1. The van der Waals surface area contributed by atoms with E-state index in [4.69, 9.17) is 5.11 Å². The molecule has 78 valence electrons. The van der Waals surface area contributed by atoms with Crippen LogP contribution in [0.3, 0.4) is 0 Å². The van der Waals surface area contributed by atoms with Gasteiger partial charge in [-0.3, -0.25) is 0 Å². The number of aliphatic hydroxyl groups is 1. The fourth-order valence-electron chi connectivity index (χ4n) is 1.29. The first-order chi connectivity index (χ1) is 6.76. The van der Waals surface area contributed by atoms with Gasteiger partial charge in [0.1, 0.15) is 18.4 Å². The quantitative estimate of drug-likeness (QED) is 0.716. The van der Waals surface area contributed by atoms with Crippen molar-refractivity contribution in [3.05, 3.63) is 35.6 Å². The normalized spacial score (nSPS) is 12.8. The third kappa shape index (κ3) is 3.44. The van der Waals surface area contributed by atoms with E-state index >= 15 is 0 Å². The van der Waals surface area contributed by atoms with Crippen LogP contribution in [0, 0.1) is 5.82 Å². The lowest BCUT2D eigenvalue weighted by molar-refractivity contribution is -0.706. The van der Waals surface area contributed by atoms with E-state index in [1.165, 1.54) is 12.1 Å². The summed E-state index contributed by atoms with van der Waals surface area (Å²) in [6.07, 6.45) is 0.942. The number of hydrogen-bond acceptors (Lipinski definition) is 1. The van der Waals surface area contributed by atoms with Crippen molar-refractivity contribution in [3.8, 4) is 0 Å². The van der Waals surface area contributed by atoms with Crippen LogP contribution >= 0.6 is 0 Å². The maximum absolute atomic E-state index is 12.6. The van der Waals surface area contributed by atoms with Crippen molar-refractivity contribution in [2.45, 2.75) is 25.9 Å². The molecule has 0 unspecified atom stereocenters.